The highest BCUT2D eigenvalue weighted by atomic mass is 79.9. The van der Waals surface area contributed by atoms with E-state index in [1.807, 2.05) is 6.92 Å². The first kappa shape index (κ1) is 15.0. The molecule has 0 saturated carbocycles. The highest BCUT2D eigenvalue weighted by Crippen LogP contribution is 2.38. The van der Waals surface area contributed by atoms with Crippen LogP contribution in [-0.4, -0.2) is 16.7 Å². The summed E-state index contributed by atoms with van der Waals surface area (Å²) in [5, 5.41) is 10.3. The molecule has 1 aromatic carbocycles. The van der Waals surface area contributed by atoms with Gasteiger partial charge in [-0.15, -0.1) is 10.2 Å². The van der Waals surface area contributed by atoms with E-state index in [2.05, 4.69) is 31.4 Å². The van der Waals surface area contributed by atoms with Gasteiger partial charge in [-0.05, 0) is 24.7 Å². The van der Waals surface area contributed by atoms with Crippen molar-refractivity contribution in [1.82, 2.24) is 15.5 Å². The summed E-state index contributed by atoms with van der Waals surface area (Å²) in [5.41, 5.74) is -0.943. The molecule has 0 amide bonds. The Morgan fingerprint density at radius 3 is 2.70 bits per heavy atom. The minimum absolute atomic E-state index is 0.129. The monoisotopic (exact) mass is 349 g/mol. The van der Waals surface area contributed by atoms with Crippen molar-refractivity contribution in [1.29, 1.82) is 0 Å². The topological polar surface area (TPSA) is 51.0 Å². The zero-order valence-corrected chi connectivity index (χ0v) is 12.0. The number of halogens is 4. The fraction of sp³-hybridized carbons (Fsp3) is 0.333. The molecule has 0 saturated heterocycles. The first-order valence-electron chi connectivity index (χ1n) is 5.82. The molecule has 0 unspecified atom stereocenters. The third-order valence-corrected chi connectivity index (χ3v) is 3.00. The van der Waals surface area contributed by atoms with Gasteiger partial charge in [-0.25, -0.2) is 0 Å². The van der Waals surface area contributed by atoms with Gasteiger partial charge in [-0.3, -0.25) is 0 Å². The van der Waals surface area contributed by atoms with Crippen molar-refractivity contribution in [2.75, 3.05) is 6.54 Å². The summed E-state index contributed by atoms with van der Waals surface area (Å²) in [7, 11) is 0. The molecule has 4 nitrogen and oxygen atoms in total. The van der Waals surface area contributed by atoms with Crippen LogP contribution in [0.2, 0.25) is 0 Å². The second-order valence-corrected chi connectivity index (χ2v) is 4.88. The summed E-state index contributed by atoms with van der Waals surface area (Å²) in [5.74, 6) is 0.107. The van der Waals surface area contributed by atoms with E-state index in [1.165, 1.54) is 12.1 Å². The average molecular weight is 350 g/mol. The van der Waals surface area contributed by atoms with Crippen molar-refractivity contribution < 1.29 is 17.6 Å². The van der Waals surface area contributed by atoms with E-state index >= 15 is 0 Å². The number of nitrogens with one attached hydrogen (secondary N) is 1. The van der Waals surface area contributed by atoms with Gasteiger partial charge in [-0.1, -0.05) is 22.9 Å². The number of aromatic nitrogens is 2. The van der Waals surface area contributed by atoms with Crippen molar-refractivity contribution in [2.45, 2.75) is 19.6 Å². The van der Waals surface area contributed by atoms with Crippen LogP contribution in [0.15, 0.2) is 27.1 Å². The molecule has 2 aromatic rings. The van der Waals surface area contributed by atoms with Gasteiger partial charge in [0.05, 0.1) is 17.7 Å². The van der Waals surface area contributed by atoms with Gasteiger partial charge >= 0.3 is 6.18 Å². The Labute approximate surface area is 121 Å². The second kappa shape index (κ2) is 5.92. The quantitative estimate of drug-likeness (QED) is 0.915. The van der Waals surface area contributed by atoms with Crippen molar-refractivity contribution in [3.05, 3.63) is 34.1 Å². The SMILES string of the molecule is CCNCc1nnc(-c2ccc(Br)cc2C(F)(F)F)o1. The number of alkyl halides is 3. The minimum Gasteiger partial charge on any atom is -0.419 e. The van der Waals surface area contributed by atoms with Crippen LogP contribution in [0.5, 0.6) is 0 Å². The molecular formula is C12H11BrF3N3O. The van der Waals surface area contributed by atoms with Gasteiger partial charge in [0.1, 0.15) is 0 Å². The molecule has 0 radical (unpaired) electrons. The molecule has 0 aliphatic heterocycles. The van der Waals surface area contributed by atoms with Crippen LogP contribution in [0.4, 0.5) is 13.2 Å². The van der Waals surface area contributed by atoms with Crippen LogP contribution >= 0.6 is 15.9 Å². The first-order valence-corrected chi connectivity index (χ1v) is 6.61. The lowest BCUT2D eigenvalue weighted by atomic mass is 10.1. The summed E-state index contributed by atoms with van der Waals surface area (Å²) in [4.78, 5) is 0. The zero-order chi connectivity index (χ0) is 14.8. The highest BCUT2D eigenvalue weighted by molar-refractivity contribution is 9.10. The maximum atomic E-state index is 13.0. The molecule has 20 heavy (non-hydrogen) atoms. The van der Waals surface area contributed by atoms with E-state index in [-0.39, 0.29) is 17.3 Å². The fourth-order valence-electron chi connectivity index (χ4n) is 1.60. The third kappa shape index (κ3) is 3.37. The van der Waals surface area contributed by atoms with Crippen molar-refractivity contribution in [3.63, 3.8) is 0 Å². The lowest BCUT2D eigenvalue weighted by Crippen LogP contribution is -2.11. The number of hydrogen-bond acceptors (Lipinski definition) is 4. The lowest BCUT2D eigenvalue weighted by Gasteiger charge is -2.10. The summed E-state index contributed by atoms with van der Waals surface area (Å²) in [6.45, 7) is 2.92. The standard InChI is InChI=1S/C12H11BrF3N3O/c1-2-17-6-10-18-19-11(20-10)8-4-3-7(13)5-9(8)12(14,15)16/h3-5,17H,2,6H2,1H3. The van der Waals surface area contributed by atoms with E-state index in [1.54, 1.807) is 0 Å². The van der Waals surface area contributed by atoms with Crippen LogP contribution in [0, 0.1) is 0 Å². The van der Waals surface area contributed by atoms with Gasteiger partial charge in [0.15, 0.2) is 0 Å². The van der Waals surface area contributed by atoms with E-state index in [0.717, 1.165) is 6.07 Å². The van der Waals surface area contributed by atoms with E-state index < -0.39 is 11.7 Å². The Bertz CT molecular complexity index is 598. The lowest BCUT2D eigenvalue weighted by molar-refractivity contribution is -0.137. The number of rotatable bonds is 4. The number of hydrogen-bond donors (Lipinski definition) is 1. The Kier molecular flexibility index (Phi) is 4.44. The van der Waals surface area contributed by atoms with Gasteiger partial charge < -0.3 is 9.73 Å². The van der Waals surface area contributed by atoms with Crippen LogP contribution < -0.4 is 5.32 Å². The molecular weight excluding hydrogens is 339 g/mol. The minimum atomic E-state index is -4.49. The summed E-state index contributed by atoms with van der Waals surface area (Å²) in [6.07, 6.45) is -4.49. The number of nitrogens with zero attached hydrogens (tertiary/aromatic N) is 2. The van der Waals surface area contributed by atoms with Gasteiger partial charge in [0.25, 0.3) is 0 Å². The Morgan fingerprint density at radius 1 is 1.30 bits per heavy atom. The fourth-order valence-corrected chi connectivity index (χ4v) is 1.96. The third-order valence-electron chi connectivity index (χ3n) is 2.51. The number of benzene rings is 1. The summed E-state index contributed by atoms with van der Waals surface area (Å²) >= 11 is 3.02. The predicted molar refractivity (Wildman–Crippen MR) is 69.8 cm³/mol. The molecule has 0 bridgehead atoms. The van der Waals surface area contributed by atoms with Gasteiger partial charge in [0.2, 0.25) is 11.8 Å². The van der Waals surface area contributed by atoms with Crippen LogP contribution in [0.3, 0.4) is 0 Å². The molecule has 108 valence electrons. The predicted octanol–water partition coefficient (Wildman–Crippen LogP) is 3.63. The molecule has 0 atom stereocenters. The highest BCUT2D eigenvalue weighted by Gasteiger charge is 2.35. The van der Waals surface area contributed by atoms with Gasteiger partial charge in [-0.2, -0.15) is 13.2 Å². The van der Waals surface area contributed by atoms with Crippen molar-refractivity contribution in [2.24, 2.45) is 0 Å². The van der Waals surface area contributed by atoms with Crippen LogP contribution in [0.25, 0.3) is 11.5 Å². The maximum Gasteiger partial charge on any atom is 0.417 e. The van der Waals surface area contributed by atoms with Crippen molar-refractivity contribution in [3.8, 4) is 11.5 Å². The largest absolute Gasteiger partial charge is 0.419 e. The molecule has 1 N–H and O–H groups in total. The molecule has 0 spiro atoms. The Balaban J connectivity index is 2.39. The Hall–Kier alpha value is -1.41. The molecule has 0 fully saturated rings. The Morgan fingerprint density at radius 2 is 2.05 bits per heavy atom. The molecule has 2 rings (SSSR count). The van der Waals surface area contributed by atoms with Gasteiger partial charge in [0, 0.05) is 4.47 Å². The first-order chi connectivity index (χ1) is 9.41. The maximum absolute atomic E-state index is 13.0. The molecule has 0 aliphatic rings. The van der Waals surface area contributed by atoms with E-state index in [9.17, 15) is 13.2 Å². The molecule has 8 heteroatoms. The molecule has 1 heterocycles. The van der Waals surface area contributed by atoms with Crippen molar-refractivity contribution >= 4 is 15.9 Å². The zero-order valence-electron chi connectivity index (χ0n) is 10.5. The summed E-state index contributed by atoms with van der Waals surface area (Å²) < 4.78 is 44.6. The van der Waals surface area contributed by atoms with E-state index in [4.69, 9.17) is 4.42 Å². The molecule has 0 aliphatic carbocycles. The smallest absolute Gasteiger partial charge is 0.417 e. The normalized spacial score (nSPS) is 11.8. The summed E-state index contributed by atoms with van der Waals surface area (Å²) in [6, 6.07) is 3.79. The molecule has 1 aromatic heterocycles. The van der Waals surface area contributed by atoms with Crippen LogP contribution in [0.1, 0.15) is 18.4 Å². The van der Waals surface area contributed by atoms with Crippen LogP contribution in [-0.2, 0) is 12.7 Å². The average Bonchev–Trinajstić information content (AvgIpc) is 2.84. The van der Waals surface area contributed by atoms with E-state index in [0.29, 0.717) is 17.6 Å². The second-order valence-electron chi connectivity index (χ2n) is 3.97.